The molecular weight excluding hydrogens is 298 g/mol. The first-order valence-electron chi connectivity index (χ1n) is 9.09. The van der Waals surface area contributed by atoms with Crippen LogP contribution in [-0.4, -0.2) is 27.5 Å². The second-order valence-electron chi connectivity index (χ2n) is 6.85. The zero-order valence-corrected chi connectivity index (χ0v) is 14.7. The number of aromatic nitrogens is 2. The number of likely N-dealkylation sites (tertiary alicyclic amines) is 1. The van der Waals surface area contributed by atoms with Gasteiger partial charge in [0.25, 0.3) is 5.56 Å². The Hall–Kier alpha value is -1.94. The summed E-state index contributed by atoms with van der Waals surface area (Å²) in [4.78, 5) is 21.9. The van der Waals surface area contributed by atoms with Crippen molar-refractivity contribution in [3.63, 3.8) is 0 Å². The number of H-pyrrole nitrogens is 1. The SMILES string of the molecule is CCCCc1cc(=O)[nH]c(-c2ccc(CN3CCCC3C)cc2)n1. The van der Waals surface area contributed by atoms with E-state index in [1.165, 1.54) is 24.9 Å². The zero-order valence-electron chi connectivity index (χ0n) is 14.7. The molecule has 3 rings (SSSR count). The van der Waals surface area contributed by atoms with E-state index in [1.807, 2.05) is 0 Å². The van der Waals surface area contributed by atoms with Crippen molar-refractivity contribution < 1.29 is 0 Å². The first-order chi connectivity index (χ1) is 11.7. The Balaban J connectivity index is 1.75. The van der Waals surface area contributed by atoms with E-state index in [0.717, 1.165) is 37.1 Å². The molecule has 0 saturated carbocycles. The fourth-order valence-corrected chi connectivity index (χ4v) is 3.36. The van der Waals surface area contributed by atoms with Crippen molar-refractivity contribution in [2.75, 3.05) is 6.54 Å². The molecule has 0 bridgehead atoms. The van der Waals surface area contributed by atoms with Crippen LogP contribution in [0.2, 0.25) is 0 Å². The molecule has 1 unspecified atom stereocenters. The maximum atomic E-state index is 11.9. The number of unbranched alkanes of at least 4 members (excludes halogenated alkanes) is 1. The molecule has 0 spiro atoms. The first kappa shape index (κ1) is 16.9. The van der Waals surface area contributed by atoms with Gasteiger partial charge in [0.15, 0.2) is 0 Å². The van der Waals surface area contributed by atoms with E-state index >= 15 is 0 Å². The van der Waals surface area contributed by atoms with Gasteiger partial charge >= 0.3 is 0 Å². The molecule has 1 aromatic carbocycles. The average molecular weight is 325 g/mol. The fraction of sp³-hybridized carbons (Fsp3) is 0.500. The molecule has 1 aliphatic heterocycles. The maximum absolute atomic E-state index is 11.9. The molecule has 1 saturated heterocycles. The predicted octanol–water partition coefficient (Wildman–Crippen LogP) is 3.76. The van der Waals surface area contributed by atoms with Gasteiger partial charge < -0.3 is 4.98 Å². The molecule has 1 aromatic heterocycles. The Kier molecular flexibility index (Phi) is 5.46. The highest BCUT2D eigenvalue weighted by molar-refractivity contribution is 5.55. The highest BCUT2D eigenvalue weighted by atomic mass is 16.1. The van der Waals surface area contributed by atoms with E-state index in [4.69, 9.17) is 0 Å². The van der Waals surface area contributed by atoms with Gasteiger partial charge in [0.1, 0.15) is 5.82 Å². The van der Waals surface area contributed by atoms with Crippen molar-refractivity contribution >= 4 is 0 Å². The fourth-order valence-electron chi connectivity index (χ4n) is 3.36. The van der Waals surface area contributed by atoms with Gasteiger partial charge in [-0.15, -0.1) is 0 Å². The Morgan fingerprint density at radius 3 is 2.75 bits per heavy atom. The van der Waals surface area contributed by atoms with Gasteiger partial charge in [-0.05, 0) is 44.7 Å². The lowest BCUT2D eigenvalue weighted by atomic mass is 10.1. The third-order valence-electron chi connectivity index (χ3n) is 4.88. The molecule has 1 aliphatic rings. The van der Waals surface area contributed by atoms with Crippen molar-refractivity contribution in [1.29, 1.82) is 0 Å². The third-order valence-corrected chi connectivity index (χ3v) is 4.88. The van der Waals surface area contributed by atoms with Crippen LogP contribution in [0.15, 0.2) is 35.1 Å². The normalized spacial score (nSPS) is 18.2. The quantitative estimate of drug-likeness (QED) is 0.879. The largest absolute Gasteiger partial charge is 0.307 e. The highest BCUT2D eigenvalue weighted by Crippen LogP contribution is 2.21. The molecule has 4 heteroatoms. The first-order valence-corrected chi connectivity index (χ1v) is 9.09. The summed E-state index contributed by atoms with van der Waals surface area (Å²) < 4.78 is 0. The van der Waals surface area contributed by atoms with Crippen molar-refractivity contribution in [3.05, 3.63) is 51.9 Å². The zero-order chi connectivity index (χ0) is 16.9. The lowest BCUT2D eigenvalue weighted by molar-refractivity contribution is 0.260. The molecule has 1 atom stereocenters. The van der Waals surface area contributed by atoms with Crippen LogP contribution >= 0.6 is 0 Å². The van der Waals surface area contributed by atoms with Gasteiger partial charge in [0, 0.05) is 29.9 Å². The smallest absolute Gasteiger partial charge is 0.251 e. The molecule has 24 heavy (non-hydrogen) atoms. The molecular formula is C20H27N3O. The summed E-state index contributed by atoms with van der Waals surface area (Å²) in [6.07, 6.45) is 5.62. The Bertz CT molecular complexity index is 720. The highest BCUT2D eigenvalue weighted by Gasteiger charge is 2.19. The number of aryl methyl sites for hydroxylation is 1. The molecule has 2 aromatic rings. The predicted molar refractivity (Wildman–Crippen MR) is 98.0 cm³/mol. The van der Waals surface area contributed by atoms with Crippen LogP contribution in [0.4, 0.5) is 0 Å². The number of nitrogens with one attached hydrogen (secondary N) is 1. The van der Waals surface area contributed by atoms with Crippen molar-refractivity contribution in [2.45, 2.75) is 58.5 Å². The number of hydrogen-bond donors (Lipinski definition) is 1. The van der Waals surface area contributed by atoms with Gasteiger partial charge in [0.05, 0.1) is 0 Å². The molecule has 4 nitrogen and oxygen atoms in total. The molecule has 0 amide bonds. The second-order valence-corrected chi connectivity index (χ2v) is 6.85. The van der Waals surface area contributed by atoms with Gasteiger partial charge in [-0.2, -0.15) is 0 Å². The second kappa shape index (κ2) is 7.75. The van der Waals surface area contributed by atoms with Crippen LogP contribution in [-0.2, 0) is 13.0 Å². The molecule has 0 radical (unpaired) electrons. The number of nitrogens with zero attached hydrogens (tertiary/aromatic N) is 2. The van der Waals surface area contributed by atoms with E-state index in [2.05, 4.69) is 53.0 Å². The maximum Gasteiger partial charge on any atom is 0.251 e. The van der Waals surface area contributed by atoms with Crippen molar-refractivity contribution in [1.82, 2.24) is 14.9 Å². The van der Waals surface area contributed by atoms with Gasteiger partial charge in [-0.1, -0.05) is 37.6 Å². The summed E-state index contributed by atoms with van der Waals surface area (Å²) in [5, 5.41) is 0. The van der Waals surface area contributed by atoms with Crippen LogP contribution in [0.3, 0.4) is 0 Å². The lowest BCUT2D eigenvalue weighted by Gasteiger charge is -2.20. The van der Waals surface area contributed by atoms with Gasteiger partial charge in [0.2, 0.25) is 0 Å². The molecule has 1 N–H and O–H groups in total. The minimum atomic E-state index is -0.0685. The number of aromatic amines is 1. The van der Waals surface area contributed by atoms with E-state index < -0.39 is 0 Å². The van der Waals surface area contributed by atoms with E-state index in [9.17, 15) is 4.79 Å². The number of benzene rings is 1. The monoisotopic (exact) mass is 325 g/mol. The third kappa shape index (κ3) is 4.12. The average Bonchev–Trinajstić information content (AvgIpc) is 2.98. The summed E-state index contributed by atoms with van der Waals surface area (Å²) in [5.74, 6) is 0.676. The Morgan fingerprint density at radius 1 is 1.29 bits per heavy atom. The summed E-state index contributed by atoms with van der Waals surface area (Å²) in [5.41, 5.74) is 3.10. The Labute approximate surface area is 143 Å². The van der Waals surface area contributed by atoms with Crippen molar-refractivity contribution in [2.24, 2.45) is 0 Å². The minimum absolute atomic E-state index is 0.0685. The molecule has 2 heterocycles. The topological polar surface area (TPSA) is 49.0 Å². The van der Waals surface area contributed by atoms with E-state index in [-0.39, 0.29) is 5.56 Å². The molecule has 1 fully saturated rings. The standard InChI is InChI=1S/C20H27N3O/c1-3-4-7-18-13-19(24)22-20(21-18)17-10-8-16(9-11-17)14-23-12-5-6-15(23)2/h8-11,13,15H,3-7,12,14H2,1-2H3,(H,21,22,24). The summed E-state index contributed by atoms with van der Waals surface area (Å²) >= 11 is 0. The van der Waals surface area contributed by atoms with Crippen LogP contribution < -0.4 is 5.56 Å². The van der Waals surface area contributed by atoms with Crippen LogP contribution in [0.1, 0.15) is 50.8 Å². The summed E-state index contributed by atoms with van der Waals surface area (Å²) in [7, 11) is 0. The van der Waals surface area contributed by atoms with Crippen molar-refractivity contribution in [3.8, 4) is 11.4 Å². The lowest BCUT2D eigenvalue weighted by Crippen LogP contribution is -2.26. The van der Waals surface area contributed by atoms with E-state index in [1.54, 1.807) is 6.07 Å². The Morgan fingerprint density at radius 2 is 2.08 bits per heavy atom. The minimum Gasteiger partial charge on any atom is -0.307 e. The summed E-state index contributed by atoms with van der Waals surface area (Å²) in [6, 6.07) is 10.7. The van der Waals surface area contributed by atoms with E-state index in [0.29, 0.717) is 11.9 Å². The number of rotatable bonds is 6. The van der Waals surface area contributed by atoms with Gasteiger partial charge in [-0.3, -0.25) is 9.69 Å². The summed E-state index contributed by atoms with van der Waals surface area (Å²) in [6.45, 7) is 6.64. The molecule has 0 aliphatic carbocycles. The van der Waals surface area contributed by atoms with Gasteiger partial charge in [-0.25, -0.2) is 4.98 Å². The van der Waals surface area contributed by atoms with Crippen LogP contribution in [0.25, 0.3) is 11.4 Å². The van der Waals surface area contributed by atoms with Crippen LogP contribution in [0, 0.1) is 0 Å². The molecule has 128 valence electrons. The number of hydrogen-bond acceptors (Lipinski definition) is 3. The van der Waals surface area contributed by atoms with Crippen LogP contribution in [0.5, 0.6) is 0 Å².